The van der Waals surface area contributed by atoms with Crippen molar-refractivity contribution in [2.75, 3.05) is 43.9 Å². The molecule has 1 saturated heterocycles. The number of rotatable bonds is 8. The SMILES string of the molecule is CCN1CC(COc2cc(Nc3cc(NC)nc(O)c3O)ncc2OO)C1. The lowest BCUT2D eigenvalue weighted by Gasteiger charge is -2.38. The molecule has 2 aromatic rings. The van der Waals surface area contributed by atoms with Crippen LogP contribution in [0.1, 0.15) is 6.92 Å². The van der Waals surface area contributed by atoms with Gasteiger partial charge in [-0.25, -0.2) is 10.2 Å². The third-order valence-electron chi connectivity index (χ3n) is 4.38. The molecule has 5 N–H and O–H groups in total. The van der Waals surface area contributed by atoms with Gasteiger partial charge in [-0.2, -0.15) is 4.98 Å². The van der Waals surface area contributed by atoms with E-state index in [-0.39, 0.29) is 11.4 Å². The number of hydrogen-bond donors (Lipinski definition) is 5. The minimum atomic E-state index is -0.512. The maximum absolute atomic E-state index is 9.98. The van der Waals surface area contributed by atoms with E-state index in [0.717, 1.165) is 19.6 Å². The van der Waals surface area contributed by atoms with Crippen LogP contribution in [0, 0.1) is 5.92 Å². The summed E-state index contributed by atoms with van der Waals surface area (Å²) in [4.78, 5) is 14.5. The van der Waals surface area contributed by atoms with Crippen molar-refractivity contribution in [3.63, 3.8) is 0 Å². The third-order valence-corrected chi connectivity index (χ3v) is 4.38. The summed E-state index contributed by atoms with van der Waals surface area (Å²) >= 11 is 0. The Labute approximate surface area is 156 Å². The molecule has 0 radical (unpaired) electrons. The van der Waals surface area contributed by atoms with E-state index in [4.69, 9.17) is 9.99 Å². The molecule has 0 spiro atoms. The van der Waals surface area contributed by atoms with Gasteiger partial charge in [-0.3, -0.25) is 0 Å². The van der Waals surface area contributed by atoms with Crippen molar-refractivity contribution in [1.82, 2.24) is 14.9 Å². The molecular weight excluding hydrogens is 354 g/mol. The van der Waals surface area contributed by atoms with Crippen molar-refractivity contribution in [2.24, 2.45) is 5.92 Å². The molecule has 3 rings (SSSR count). The second-order valence-corrected chi connectivity index (χ2v) is 6.24. The van der Waals surface area contributed by atoms with Gasteiger partial charge in [-0.05, 0) is 6.54 Å². The van der Waals surface area contributed by atoms with E-state index >= 15 is 0 Å². The molecule has 1 fully saturated rings. The summed E-state index contributed by atoms with van der Waals surface area (Å²) < 4.78 is 5.77. The average molecular weight is 377 g/mol. The predicted octanol–water partition coefficient (Wildman–Crippen LogP) is 1.86. The van der Waals surface area contributed by atoms with Crippen LogP contribution in [-0.4, -0.2) is 63.6 Å². The number of hydrogen-bond acceptors (Lipinski definition) is 10. The number of aromatic hydroxyl groups is 2. The van der Waals surface area contributed by atoms with Gasteiger partial charge in [0, 0.05) is 38.2 Å². The molecule has 0 aromatic carbocycles. The van der Waals surface area contributed by atoms with Crippen LogP contribution in [-0.2, 0) is 0 Å². The largest absolute Gasteiger partial charge is 0.502 e. The number of nitrogens with zero attached hydrogens (tertiary/aromatic N) is 3. The fourth-order valence-electron chi connectivity index (χ4n) is 2.81. The highest BCUT2D eigenvalue weighted by Crippen LogP contribution is 2.37. The maximum atomic E-state index is 9.98. The number of ether oxygens (including phenoxy) is 1. The Morgan fingerprint density at radius 3 is 2.67 bits per heavy atom. The lowest BCUT2D eigenvalue weighted by molar-refractivity contribution is -0.139. The van der Waals surface area contributed by atoms with Crippen LogP contribution in [0.4, 0.5) is 17.3 Å². The van der Waals surface area contributed by atoms with Gasteiger partial charge >= 0.3 is 0 Å². The van der Waals surface area contributed by atoms with E-state index in [2.05, 4.69) is 37.3 Å². The van der Waals surface area contributed by atoms with E-state index in [9.17, 15) is 10.2 Å². The molecule has 0 aliphatic carbocycles. The molecule has 0 bridgehead atoms. The first-order chi connectivity index (χ1) is 13.0. The molecule has 0 atom stereocenters. The zero-order valence-electron chi connectivity index (χ0n) is 15.1. The van der Waals surface area contributed by atoms with Gasteiger partial charge in [-0.1, -0.05) is 6.92 Å². The molecule has 27 heavy (non-hydrogen) atoms. The molecule has 0 amide bonds. The van der Waals surface area contributed by atoms with Crippen molar-refractivity contribution >= 4 is 17.3 Å². The van der Waals surface area contributed by atoms with Gasteiger partial charge in [0.1, 0.15) is 11.6 Å². The van der Waals surface area contributed by atoms with Gasteiger partial charge in [0.05, 0.1) is 18.5 Å². The van der Waals surface area contributed by atoms with Crippen LogP contribution in [0.5, 0.6) is 23.1 Å². The molecule has 2 aromatic heterocycles. The standard InChI is InChI=1S/C17H23N5O5/c1-3-22-7-10(8-22)9-26-12-5-15(19-6-13(12)27-25)20-11-4-14(18-2)21-17(24)16(11)23/h4-6,10,23,25H,3,7-9H2,1-2H3,(H3,18,19,20,21,24). The first kappa shape index (κ1) is 18.8. The molecule has 0 unspecified atom stereocenters. The highest BCUT2D eigenvalue weighted by Gasteiger charge is 2.26. The van der Waals surface area contributed by atoms with Crippen LogP contribution < -0.4 is 20.3 Å². The maximum Gasteiger partial charge on any atom is 0.258 e. The summed E-state index contributed by atoms with van der Waals surface area (Å²) in [6, 6.07) is 3.05. The molecular formula is C17H23N5O5. The lowest BCUT2D eigenvalue weighted by atomic mass is 10.0. The second kappa shape index (κ2) is 8.14. The highest BCUT2D eigenvalue weighted by molar-refractivity contribution is 5.70. The van der Waals surface area contributed by atoms with Crippen LogP contribution in [0.25, 0.3) is 0 Å². The second-order valence-electron chi connectivity index (χ2n) is 6.24. The summed E-state index contributed by atoms with van der Waals surface area (Å²) in [6.45, 7) is 5.56. The first-order valence-electron chi connectivity index (χ1n) is 8.58. The molecule has 1 aliphatic heterocycles. The molecule has 0 saturated carbocycles. The fraction of sp³-hybridized carbons (Fsp3) is 0.412. The number of nitrogens with one attached hydrogen (secondary N) is 2. The Morgan fingerprint density at radius 1 is 1.22 bits per heavy atom. The van der Waals surface area contributed by atoms with Crippen molar-refractivity contribution in [2.45, 2.75) is 6.92 Å². The zero-order valence-corrected chi connectivity index (χ0v) is 15.1. The Hall–Kier alpha value is -2.98. The normalized spacial score (nSPS) is 14.5. The predicted molar refractivity (Wildman–Crippen MR) is 99.0 cm³/mol. The van der Waals surface area contributed by atoms with Gasteiger partial charge < -0.3 is 35.4 Å². The van der Waals surface area contributed by atoms with Crippen LogP contribution in [0.15, 0.2) is 18.3 Å². The van der Waals surface area contributed by atoms with E-state index in [1.165, 1.54) is 18.3 Å². The van der Waals surface area contributed by atoms with E-state index in [1.807, 2.05) is 0 Å². The van der Waals surface area contributed by atoms with E-state index in [1.54, 1.807) is 7.05 Å². The van der Waals surface area contributed by atoms with Crippen molar-refractivity contribution in [1.29, 1.82) is 0 Å². The zero-order chi connectivity index (χ0) is 19.4. The number of aromatic nitrogens is 2. The van der Waals surface area contributed by atoms with Crippen LogP contribution in [0.3, 0.4) is 0 Å². The molecule has 1 aliphatic rings. The van der Waals surface area contributed by atoms with Crippen LogP contribution >= 0.6 is 0 Å². The van der Waals surface area contributed by atoms with Gasteiger partial charge in [0.2, 0.25) is 11.5 Å². The smallest absolute Gasteiger partial charge is 0.258 e. The Kier molecular flexibility index (Phi) is 5.67. The Balaban J connectivity index is 1.74. The van der Waals surface area contributed by atoms with Gasteiger partial charge in [0.15, 0.2) is 5.75 Å². The summed E-state index contributed by atoms with van der Waals surface area (Å²) in [5, 5.41) is 34.4. The molecule has 3 heterocycles. The van der Waals surface area contributed by atoms with Crippen molar-refractivity contribution in [3.05, 3.63) is 18.3 Å². The Bertz CT molecular complexity index is 798. The van der Waals surface area contributed by atoms with E-state index < -0.39 is 11.6 Å². The quantitative estimate of drug-likeness (QED) is 0.343. The number of anilines is 3. The Morgan fingerprint density at radius 2 is 2.00 bits per heavy atom. The third kappa shape index (κ3) is 4.23. The topological polar surface area (TPSA) is 132 Å². The minimum absolute atomic E-state index is 0.0879. The van der Waals surface area contributed by atoms with Gasteiger partial charge in [-0.15, -0.1) is 0 Å². The number of likely N-dealkylation sites (tertiary alicyclic amines) is 1. The fourth-order valence-corrected chi connectivity index (χ4v) is 2.81. The average Bonchev–Trinajstić information content (AvgIpc) is 2.64. The molecule has 10 heteroatoms. The summed E-state index contributed by atoms with van der Waals surface area (Å²) in [6.07, 6.45) is 1.30. The van der Waals surface area contributed by atoms with Gasteiger partial charge in [0.25, 0.3) is 5.88 Å². The van der Waals surface area contributed by atoms with E-state index in [0.29, 0.717) is 29.9 Å². The minimum Gasteiger partial charge on any atom is -0.502 e. The molecule has 10 nitrogen and oxygen atoms in total. The summed E-state index contributed by atoms with van der Waals surface area (Å²) in [7, 11) is 1.64. The summed E-state index contributed by atoms with van der Waals surface area (Å²) in [5.41, 5.74) is 0.209. The van der Waals surface area contributed by atoms with Crippen molar-refractivity contribution in [3.8, 4) is 23.1 Å². The summed E-state index contributed by atoms with van der Waals surface area (Å²) in [5.74, 6) is 0.598. The monoisotopic (exact) mass is 377 g/mol. The van der Waals surface area contributed by atoms with Crippen LogP contribution in [0.2, 0.25) is 0 Å². The molecule has 146 valence electrons. The first-order valence-corrected chi connectivity index (χ1v) is 8.58. The highest BCUT2D eigenvalue weighted by atomic mass is 17.1. The van der Waals surface area contributed by atoms with Crippen molar-refractivity contribution < 1.29 is 25.1 Å². The lowest BCUT2D eigenvalue weighted by Crippen LogP contribution is -2.48. The number of pyridine rings is 2.